The number of benzene rings is 3. The minimum Gasteiger partial charge on any atom is -0.451 e. The molecule has 4 rings (SSSR count). The summed E-state index contributed by atoms with van der Waals surface area (Å²) in [7, 11) is -0.248. The van der Waals surface area contributed by atoms with Gasteiger partial charge in [-0.25, -0.2) is 4.79 Å². The SMILES string of the molecule is Cc1cc2ccccc2[s+]1-c1cccc(C(=O)OC(C)(C)c2ccc(SC(F)(F)F)cc2)c1. The molecule has 0 amide bonds. The van der Waals surface area contributed by atoms with Gasteiger partial charge in [0.1, 0.15) is 5.60 Å². The Hall–Kier alpha value is -2.77. The second-order valence-corrected chi connectivity index (χ2v) is 11.4. The number of carbonyl (C=O) groups is 1. The number of thiophene rings is 1. The number of esters is 1. The number of ether oxygens (including phenoxy) is 1. The van der Waals surface area contributed by atoms with E-state index in [1.807, 2.05) is 30.3 Å². The van der Waals surface area contributed by atoms with E-state index in [4.69, 9.17) is 4.74 Å². The smallest absolute Gasteiger partial charge is 0.446 e. The molecule has 1 atom stereocenters. The fourth-order valence-electron chi connectivity index (χ4n) is 3.71. The van der Waals surface area contributed by atoms with Crippen LogP contribution in [0.4, 0.5) is 13.2 Å². The summed E-state index contributed by atoms with van der Waals surface area (Å²) in [6.45, 7) is 5.54. The monoisotopic (exact) mass is 487 g/mol. The summed E-state index contributed by atoms with van der Waals surface area (Å²) in [5.74, 6) is -0.478. The molecule has 0 fully saturated rings. The summed E-state index contributed by atoms with van der Waals surface area (Å²) in [6, 6.07) is 23.7. The summed E-state index contributed by atoms with van der Waals surface area (Å²) in [5, 5.41) is 1.19. The van der Waals surface area contributed by atoms with Gasteiger partial charge in [0.05, 0.1) is 5.56 Å². The largest absolute Gasteiger partial charge is 0.451 e. The number of rotatable bonds is 5. The van der Waals surface area contributed by atoms with Gasteiger partial charge in [-0.1, -0.05) is 30.3 Å². The van der Waals surface area contributed by atoms with Crippen molar-refractivity contribution in [3.05, 3.63) is 94.9 Å². The van der Waals surface area contributed by atoms with Gasteiger partial charge in [0.2, 0.25) is 0 Å². The predicted molar refractivity (Wildman–Crippen MR) is 129 cm³/mol. The van der Waals surface area contributed by atoms with Crippen molar-refractivity contribution in [1.29, 1.82) is 0 Å². The normalized spacial score (nSPS) is 12.7. The number of aryl methyl sites for hydroxylation is 1. The summed E-state index contributed by atoms with van der Waals surface area (Å²) < 4.78 is 44.8. The van der Waals surface area contributed by atoms with E-state index in [2.05, 4.69) is 25.1 Å². The maximum absolute atomic E-state index is 13.0. The number of alkyl halides is 3. The highest BCUT2D eigenvalue weighted by Gasteiger charge is 2.31. The molecular formula is C26H22F3O2S2+. The van der Waals surface area contributed by atoms with E-state index in [9.17, 15) is 18.0 Å². The van der Waals surface area contributed by atoms with Gasteiger partial charge in [-0.2, -0.15) is 13.2 Å². The summed E-state index contributed by atoms with van der Waals surface area (Å²) >= 11 is -0.172. The lowest BCUT2D eigenvalue weighted by atomic mass is 9.98. The first-order chi connectivity index (χ1) is 15.5. The number of thioether (sulfide) groups is 1. The average Bonchev–Trinajstić information content (AvgIpc) is 3.08. The minimum atomic E-state index is -4.34. The molecule has 170 valence electrons. The van der Waals surface area contributed by atoms with Crippen LogP contribution in [0.1, 0.15) is 34.6 Å². The number of hydrogen-bond donors (Lipinski definition) is 0. The molecule has 4 aromatic rings. The van der Waals surface area contributed by atoms with E-state index >= 15 is 0 Å². The Kier molecular flexibility index (Phi) is 6.29. The topological polar surface area (TPSA) is 26.3 Å². The first kappa shape index (κ1) is 23.4. The van der Waals surface area contributed by atoms with Crippen molar-refractivity contribution in [2.45, 2.75) is 36.8 Å². The lowest BCUT2D eigenvalue weighted by Gasteiger charge is -2.26. The van der Waals surface area contributed by atoms with Gasteiger partial charge >= 0.3 is 11.5 Å². The van der Waals surface area contributed by atoms with Crippen LogP contribution in [0.3, 0.4) is 0 Å². The fourth-order valence-corrected chi connectivity index (χ4v) is 6.50. The van der Waals surface area contributed by atoms with Crippen molar-refractivity contribution in [1.82, 2.24) is 0 Å². The fraction of sp³-hybridized carbons (Fsp3) is 0.192. The molecule has 0 saturated heterocycles. The zero-order valence-corrected chi connectivity index (χ0v) is 19.9. The summed E-state index contributed by atoms with van der Waals surface area (Å²) in [4.78, 5) is 15.4. The molecule has 0 saturated carbocycles. The maximum Gasteiger partial charge on any atom is 0.446 e. The summed E-state index contributed by atoms with van der Waals surface area (Å²) in [6.07, 6.45) is 0. The molecule has 0 radical (unpaired) electrons. The van der Waals surface area contributed by atoms with Crippen LogP contribution in [0.2, 0.25) is 0 Å². The van der Waals surface area contributed by atoms with Crippen molar-refractivity contribution in [2.24, 2.45) is 0 Å². The van der Waals surface area contributed by atoms with Crippen molar-refractivity contribution in [3.63, 3.8) is 0 Å². The molecule has 0 aliphatic carbocycles. The third-order valence-corrected chi connectivity index (χ3v) is 8.29. The zero-order chi connectivity index (χ0) is 23.8. The molecule has 0 aliphatic heterocycles. The van der Waals surface area contributed by atoms with Crippen molar-refractivity contribution < 1.29 is 22.7 Å². The quantitative estimate of drug-likeness (QED) is 0.160. The van der Waals surface area contributed by atoms with Crippen LogP contribution in [-0.2, 0) is 10.3 Å². The Morgan fingerprint density at radius 1 is 0.909 bits per heavy atom. The highest BCUT2D eigenvalue weighted by molar-refractivity contribution is 8.00. The lowest BCUT2D eigenvalue weighted by molar-refractivity contribution is -0.0328. The molecule has 0 aliphatic rings. The van der Waals surface area contributed by atoms with Crippen LogP contribution in [0, 0.1) is 6.92 Å². The van der Waals surface area contributed by atoms with Gasteiger partial charge in [-0.05, 0) is 67.6 Å². The third kappa shape index (κ3) is 5.25. The highest BCUT2D eigenvalue weighted by Crippen LogP contribution is 2.43. The molecule has 0 N–H and O–H groups in total. The standard InChI is InChI=1S/C26H22F3O2S2/c1-17-15-18-7-4-5-10-23(18)33(17)22-9-6-8-19(16-22)24(30)31-25(2,3)20-11-13-21(14-12-20)32-26(27,28)29/h4-16H,1-3H3/q+1. The second-order valence-electron chi connectivity index (χ2n) is 8.10. The van der Waals surface area contributed by atoms with Gasteiger partial charge in [0.25, 0.3) is 0 Å². The van der Waals surface area contributed by atoms with Crippen LogP contribution in [-0.4, -0.2) is 11.5 Å². The van der Waals surface area contributed by atoms with Crippen LogP contribution < -0.4 is 0 Å². The summed E-state index contributed by atoms with van der Waals surface area (Å²) in [5.41, 5.74) is -4.30. The Morgan fingerprint density at radius 2 is 1.61 bits per heavy atom. The molecular weight excluding hydrogens is 465 g/mol. The lowest BCUT2D eigenvalue weighted by Crippen LogP contribution is -2.25. The highest BCUT2D eigenvalue weighted by atomic mass is 32.2. The van der Waals surface area contributed by atoms with E-state index in [1.165, 1.54) is 27.1 Å². The van der Waals surface area contributed by atoms with E-state index < -0.39 is 17.1 Å². The second kappa shape index (κ2) is 8.88. The molecule has 1 heterocycles. The Labute approximate surface area is 197 Å². The van der Waals surface area contributed by atoms with Crippen LogP contribution in [0.5, 0.6) is 0 Å². The Bertz CT molecular complexity index is 1310. The van der Waals surface area contributed by atoms with E-state index in [0.29, 0.717) is 11.1 Å². The number of carbonyl (C=O) groups excluding carboxylic acids is 1. The number of fused-ring (bicyclic) bond motifs is 1. The predicted octanol–water partition coefficient (Wildman–Crippen LogP) is 8.59. The van der Waals surface area contributed by atoms with Gasteiger partial charge in [0.15, 0.2) is 14.5 Å². The van der Waals surface area contributed by atoms with Crippen LogP contribution >= 0.6 is 22.2 Å². The van der Waals surface area contributed by atoms with Crippen molar-refractivity contribution in [2.75, 3.05) is 0 Å². The molecule has 0 spiro atoms. The number of hydrogen-bond acceptors (Lipinski definition) is 3. The molecule has 1 unspecified atom stereocenters. The molecule has 33 heavy (non-hydrogen) atoms. The van der Waals surface area contributed by atoms with Crippen molar-refractivity contribution >= 4 is 38.3 Å². The van der Waals surface area contributed by atoms with Gasteiger partial charge in [-0.3, -0.25) is 0 Å². The van der Waals surface area contributed by atoms with E-state index in [1.54, 1.807) is 32.0 Å². The molecule has 3 aromatic carbocycles. The zero-order valence-electron chi connectivity index (χ0n) is 18.3. The molecule has 2 nitrogen and oxygen atoms in total. The van der Waals surface area contributed by atoms with E-state index in [0.717, 1.165) is 4.90 Å². The van der Waals surface area contributed by atoms with Gasteiger partial charge in [0, 0.05) is 39.8 Å². The van der Waals surface area contributed by atoms with Crippen LogP contribution in [0.15, 0.2) is 83.8 Å². The minimum absolute atomic E-state index is 0.0855. The first-order valence-corrected chi connectivity index (χ1v) is 12.3. The number of halogens is 3. The van der Waals surface area contributed by atoms with Crippen molar-refractivity contribution in [3.8, 4) is 4.90 Å². The Morgan fingerprint density at radius 3 is 2.30 bits per heavy atom. The van der Waals surface area contributed by atoms with Gasteiger partial charge in [-0.15, -0.1) is 0 Å². The van der Waals surface area contributed by atoms with Crippen LogP contribution in [0.25, 0.3) is 15.0 Å². The maximum atomic E-state index is 13.0. The molecule has 7 heteroatoms. The Balaban J connectivity index is 1.57. The van der Waals surface area contributed by atoms with E-state index in [-0.39, 0.29) is 27.1 Å². The van der Waals surface area contributed by atoms with Gasteiger partial charge < -0.3 is 4.74 Å². The molecule has 0 bridgehead atoms. The first-order valence-electron chi connectivity index (χ1n) is 10.2. The average molecular weight is 488 g/mol. The molecule has 1 aromatic heterocycles. The third-order valence-electron chi connectivity index (χ3n) is 5.26.